The van der Waals surface area contributed by atoms with E-state index in [4.69, 9.17) is 9.15 Å². The number of nitrogens with zero attached hydrogens (tertiary/aromatic N) is 2. The van der Waals surface area contributed by atoms with Gasteiger partial charge in [0.2, 0.25) is 0 Å². The number of hydrogen-bond acceptors (Lipinski definition) is 4. The van der Waals surface area contributed by atoms with Gasteiger partial charge in [-0.05, 0) is 54.8 Å². The van der Waals surface area contributed by atoms with Gasteiger partial charge in [-0.25, -0.2) is 0 Å². The zero-order valence-corrected chi connectivity index (χ0v) is 18.2. The number of anilines is 1. The van der Waals surface area contributed by atoms with Crippen molar-refractivity contribution >= 4 is 11.6 Å². The lowest BCUT2D eigenvalue weighted by Crippen LogP contribution is -2.47. The lowest BCUT2D eigenvalue weighted by molar-refractivity contribution is -0.137. The molecule has 4 rings (SSSR count). The fourth-order valence-corrected chi connectivity index (χ4v) is 4.17. The number of ether oxygens (including phenoxy) is 1. The second kappa shape index (κ2) is 9.70. The molecule has 1 aliphatic rings. The first-order valence-corrected chi connectivity index (χ1v) is 10.7. The van der Waals surface area contributed by atoms with E-state index in [1.54, 1.807) is 24.1 Å². The summed E-state index contributed by atoms with van der Waals surface area (Å²) in [6.07, 6.45) is -1.40. The Labute approximate surface area is 190 Å². The largest absolute Gasteiger partial charge is 0.497 e. The molecule has 0 bridgehead atoms. The third kappa shape index (κ3) is 5.39. The summed E-state index contributed by atoms with van der Waals surface area (Å²) >= 11 is 0. The number of benzene rings is 2. The molecule has 0 atom stereocenters. The molecule has 3 aromatic rings. The van der Waals surface area contributed by atoms with Crippen molar-refractivity contribution in [3.05, 3.63) is 83.8 Å². The Balaban J connectivity index is 1.46. The number of piperidine rings is 1. The van der Waals surface area contributed by atoms with Crippen LogP contribution in [-0.4, -0.2) is 37.0 Å². The van der Waals surface area contributed by atoms with Gasteiger partial charge in [-0.3, -0.25) is 9.69 Å². The van der Waals surface area contributed by atoms with Crippen molar-refractivity contribution < 1.29 is 27.1 Å². The fraction of sp³-hybridized carbons (Fsp3) is 0.320. The van der Waals surface area contributed by atoms with Crippen LogP contribution in [0.25, 0.3) is 0 Å². The molecule has 1 aromatic heterocycles. The molecule has 5 nitrogen and oxygen atoms in total. The van der Waals surface area contributed by atoms with Crippen molar-refractivity contribution in [2.75, 3.05) is 25.1 Å². The molecule has 1 amide bonds. The molecule has 174 valence electrons. The summed E-state index contributed by atoms with van der Waals surface area (Å²) in [5.74, 6) is 0.712. The Hall–Kier alpha value is -3.26. The van der Waals surface area contributed by atoms with E-state index in [0.717, 1.165) is 49.3 Å². The number of carbonyl (C=O) groups is 1. The molecule has 1 fully saturated rings. The van der Waals surface area contributed by atoms with Crippen LogP contribution in [0, 0.1) is 0 Å². The number of carbonyl (C=O) groups excluding carboxylic acids is 1. The molecule has 2 heterocycles. The molecule has 1 saturated heterocycles. The predicted molar refractivity (Wildman–Crippen MR) is 118 cm³/mol. The second-order valence-electron chi connectivity index (χ2n) is 8.06. The highest BCUT2D eigenvalue weighted by atomic mass is 19.4. The SMILES string of the molecule is COc1cccc(N(C(=O)c2ccco2)C2CCN(Cc3ccc(C(F)(F)F)cc3)CC2)c1. The third-order valence-electron chi connectivity index (χ3n) is 5.89. The molecule has 2 aromatic carbocycles. The van der Waals surface area contributed by atoms with E-state index in [1.165, 1.54) is 18.4 Å². The standard InChI is InChI=1S/C25H25F3N2O3/c1-32-22-5-2-4-21(16-22)30(24(31)23-6-3-15-33-23)20-11-13-29(14-12-20)17-18-7-9-19(10-8-18)25(26,27)28/h2-10,15-16,20H,11-14,17H2,1H3. The van der Waals surface area contributed by atoms with Crippen LogP contribution in [0.15, 0.2) is 71.3 Å². The monoisotopic (exact) mass is 458 g/mol. The van der Waals surface area contributed by atoms with E-state index in [9.17, 15) is 18.0 Å². The van der Waals surface area contributed by atoms with Crippen LogP contribution in [-0.2, 0) is 12.7 Å². The second-order valence-corrected chi connectivity index (χ2v) is 8.06. The minimum Gasteiger partial charge on any atom is -0.497 e. The van der Waals surface area contributed by atoms with Gasteiger partial charge in [0.25, 0.3) is 5.91 Å². The van der Waals surface area contributed by atoms with Gasteiger partial charge in [-0.15, -0.1) is 0 Å². The van der Waals surface area contributed by atoms with Gasteiger partial charge >= 0.3 is 6.18 Å². The van der Waals surface area contributed by atoms with Crippen LogP contribution in [0.4, 0.5) is 18.9 Å². The zero-order valence-electron chi connectivity index (χ0n) is 18.2. The molecule has 0 aliphatic carbocycles. The van der Waals surface area contributed by atoms with Gasteiger partial charge in [0.1, 0.15) is 5.75 Å². The van der Waals surface area contributed by atoms with E-state index >= 15 is 0 Å². The average Bonchev–Trinajstić information content (AvgIpc) is 3.35. The first-order chi connectivity index (χ1) is 15.8. The first kappa shape index (κ1) is 22.9. The van der Waals surface area contributed by atoms with Crippen LogP contribution < -0.4 is 9.64 Å². The first-order valence-electron chi connectivity index (χ1n) is 10.7. The lowest BCUT2D eigenvalue weighted by atomic mass is 10.0. The maximum atomic E-state index is 13.3. The molecule has 0 radical (unpaired) electrons. The average molecular weight is 458 g/mol. The maximum absolute atomic E-state index is 13.3. The van der Waals surface area contributed by atoms with Gasteiger partial charge in [0.05, 0.1) is 18.9 Å². The van der Waals surface area contributed by atoms with Crippen molar-refractivity contribution in [2.24, 2.45) is 0 Å². The van der Waals surface area contributed by atoms with Crippen molar-refractivity contribution in [3.8, 4) is 5.75 Å². The molecular weight excluding hydrogens is 433 g/mol. The lowest BCUT2D eigenvalue weighted by Gasteiger charge is -2.38. The quantitative estimate of drug-likeness (QED) is 0.481. The van der Waals surface area contributed by atoms with Crippen LogP contribution in [0.3, 0.4) is 0 Å². The highest BCUT2D eigenvalue weighted by Crippen LogP contribution is 2.31. The summed E-state index contributed by atoms with van der Waals surface area (Å²) in [5.41, 5.74) is 0.921. The molecule has 0 saturated carbocycles. The number of hydrogen-bond donors (Lipinski definition) is 0. The number of alkyl halides is 3. The van der Waals surface area contributed by atoms with Crippen LogP contribution >= 0.6 is 0 Å². The minimum atomic E-state index is -4.33. The third-order valence-corrected chi connectivity index (χ3v) is 5.89. The Morgan fingerprint density at radius 1 is 1.09 bits per heavy atom. The molecule has 1 aliphatic heterocycles. The van der Waals surface area contributed by atoms with Crippen molar-refractivity contribution in [3.63, 3.8) is 0 Å². The van der Waals surface area contributed by atoms with Crippen molar-refractivity contribution in [1.82, 2.24) is 4.90 Å². The highest BCUT2D eigenvalue weighted by Gasteiger charge is 2.32. The molecule has 0 spiro atoms. The summed E-state index contributed by atoms with van der Waals surface area (Å²) in [7, 11) is 1.58. The summed E-state index contributed by atoms with van der Waals surface area (Å²) in [5, 5.41) is 0. The summed E-state index contributed by atoms with van der Waals surface area (Å²) in [6, 6.07) is 16.0. The topological polar surface area (TPSA) is 45.9 Å². The maximum Gasteiger partial charge on any atom is 0.416 e. The number of halogens is 3. The smallest absolute Gasteiger partial charge is 0.416 e. The van der Waals surface area contributed by atoms with Crippen molar-refractivity contribution in [1.29, 1.82) is 0 Å². The Morgan fingerprint density at radius 2 is 1.82 bits per heavy atom. The number of methoxy groups -OCH3 is 1. The minimum absolute atomic E-state index is 0.0430. The van der Waals surface area contributed by atoms with Gasteiger partial charge < -0.3 is 14.1 Å². The van der Waals surface area contributed by atoms with E-state index < -0.39 is 11.7 Å². The van der Waals surface area contributed by atoms with E-state index in [1.807, 2.05) is 24.3 Å². The normalized spacial score (nSPS) is 15.4. The van der Waals surface area contributed by atoms with Gasteiger partial charge in [0.15, 0.2) is 5.76 Å². The number of likely N-dealkylation sites (tertiary alicyclic amines) is 1. The van der Waals surface area contributed by atoms with Crippen LogP contribution in [0.1, 0.15) is 34.5 Å². The fourth-order valence-electron chi connectivity index (χ4n) is 4.17. The predicted octanol–water partition coefficient (Wildman–Crippen LogP) is 5.62. The Morgan fingerprint density at radius 3 is 2.42 bits per heavy atom. The zero-order chi connectivity index (χ0) is 23.4. The number of amides is 1. The Bertz CT molecular complexity index is 1060. The van der Waals surface area contributed by atoms with E-state index in [2.05, 4.69) is 4.90 Å². The summed E-state index contributed by atoms with van der Waals surface area (Å²) in [4.78, 5) is 17.2. The highest BCUT2D eigenvalue weighted by molar-refractivity contribution is 6.04. The molecule has 0 N–H and O–H groups in total. The van der Waals surface area contributed by atoms with Crippen molar-refractivity contribution in [2.45, 2.75) is 31.6 Å². The number of furan rings is 1. The summed E-state index contributed by atoms with van der Waals surface area (Å²) in [6.45, 7) is 2.01. The Kier molecular flexibility index (Phi) is 6.74. The van der Waals surface area contributed by atoms with Crippen LogP contribution in [0.5, 0.6) is 5.75 Å². The molecule has 8 heteroatoms. The van der Waals surface area contributed by atoms with Gasteiger partial charge in [-0.1, -0.05) is 18.2 Å². The number of rotatable bonds is 6. The van der Waals surface area contributed by atoms with Crippen LogP contribution in [0.2, 0.25) is 0 Å². The molecule has 0 unspecified atom stereocenters. The van der Waals surface area contributed by atoms with E-state index in [0.29, 0.717) is 12.3 Å². The summed E-state index contributed by atoms with van der Waals surface area (Å²) < 4.78 is 49.1. The van der Waals surface area contributed by atoms with E-state index in [-0.39, 0.29) is 17.7 Å². The molecular formula is C25H25F3N2O3. The van der Waals surface area contributed by atoms with Gasteiger partial charge in [0, 0.05) is 37.4 Å². The molecule has 33 heavy (non-hydrogen) atoms. The van der Waals surface area contributed by atoms with Gasteiger partial charge in [-0.2, -0.15) is 13.2 Å².